The number of hydrogen-bond acceptors (Lipinski definition) is 4. The monoisotopic (exact) mass is 291 g/mol. The number of nitrogens with zero attached hydrogens (tertiary/aromatic N) is 1. The molecule has 0 bridgehead atoms. The van der Waals surface area contributed by atoms with Crippen LogP contribution in [0, 0.1) is 0 Å². The van der Waals surface area contributed by atoms with E-state index in [1.807, 2.05) is 30.3 Å². The predicted molar refractivity (Wildman–Crippen MR) is 72.3 cm³/mol. The number of allylic oxidation sites excluding steroid dienone is 1. The highest BCUT2D eigenvalue weighted by Crippen LogP contribution is 2.38. The molecule has 0 radical (unpaired) electrons. The number of amides is 1. The van der Waals surface area contributed by atoms with Crippen LogP contribution in [0.15, 0.2) is 40.9 Å². The molecule has 0 N–H and O–H groups in total. The van der Waals surface area contributed by atoms with Crippen LogP contribution >= 0.6 is 0 Å². The summed E-state index contributed by atoms with van der Waals surface area (Å²) in [6.07, 6.45) is 0.236. The third-order valence-corrected chi connectivity index (χ3v) is 5.10. The molecule has 1 aromatic carbocycles. The molecule has 2 aliphatic heterocycles. The van der Waals surface area contributed by atoms with Gasteiger partial charge in [-0.2, -0.15) is 0 Å². The molecular formula is C14H13NO4S. The van der Waals surface area contributed by atoms with E-state index in [-0.39, 0.29) is 30.0 Å². The summed E-state index contributed by atoms with van der Waals surface area (Å²) in [6, 6.07) is 9.28. The molecule has 2 heterocycles. The summed E-state index contributed by atoms with van der Waals surface area (Å²) in [6.45, 7) is 1.75. The summed E-state index contributed by atoms with van der Waals surface area (Å²) < 4.78 is 17.2. The van der Waals surface area contributed by atoms with Gasteiger partial charge in [0.2, 0.25) is 5.91 Å². The second-order valence-corrected chi connectivity index (χ2v) is 6.44. The maximum absolute atomic E-state index is 12.1. The summed E-state index contributed by atoms with van der Waals surface area (Å²) in [4.78, 5) is 25.4. The van der Waals surface area contributed by atoms with Crippen LogP contribution in [0.4, 0.5) is 0 Å². The molecule has 1 aromatic rings. The molecule has 1 fully saturated rings. The highest BCUT2D eigenvalue weighted by Gasteiger charge is 2.51. The van der Waals surface area contributed by atoms with Crippen LogP contribution in [0.1, 0.15) is 18.9 Å². The Morgan fingerprint density at radius 2 is 2.10 bits per heavy atom. The molecule has 3 rings (SSSR count). The van der Waals surface area contributed by atoms with Gasteiger partial charge in [-0.25, -0.2) is 4.79 Å². The number of rotatable bonds is 3. The molecule has 2 unspecified atom stereocenters. The van der Waals surface area contributed by atoms with E-state index < -0.39 is 16.8 Å². The third-order valence-electron chi connectivity index (χ3n) is 3.44. The first kappa shape index (κ1) is 13.1. The molecule has 0 aliphatic carbocycles. The minimum absolute atomic E-state index is 0.135. The van der Waals surface area contributed by atoms with Gasteiger partial charge in [0.1, 0.15) is 17.7 Å². The zero-order chi connectivity index (χ0) is 14.3. The fourth-order valence-electron chi connectivity index (χ4n) is 2.33. The Morgan fingerprint density at radius 3 is 2.75 bits per heavy atom. The topological polar surface area (TPSA) is 63.7 Å². The van der Waals surface area contributed by atoms with Crippen LogP contribution in [-0.2, 0) is 31.7 Å². The molecule has 104 valence electrons. The number of benzene rings is 1. The predicted octanol–water partition coefficient (Wildman–Crippen LogP) is 1.28. The van der Waals surface area contributed by atoms with Crippen molar-refractivity contribution in [2.24, 2.45) is 0 Å². The maximum Gasteiger partial charge on any atom is 0.356 e. The van der Waals surface area contributed by atoms with Crippen LogP contribution in [0.3, 0.4) is 0 Å². The highest BCUT2D eigenvalue weighted by atomic mass is 32.2. The molecule has 1 amide bonds. The average Bonchev–Trinajstić information content (AvgIpc) is 2.66. The van der Waals surface area contributed by atoms with E-state index in [0.717, 1.165) is 5.56 Å². The lowest BCUT2D eigenvalue weighted by atomic mass is 10.1. The molecule has 0 aromatic heterocycles. The van der Waals surface area contributed by atoms with Gasteiger partial charge < -0.3 is 4.74 Å². The van der Waals surface area contributed by atoms with E-state index in [0.29, 0.717) is 4.91 Å². The number of carbonyl (C=O) groups is 2. The van der Waals surface area contributed by atoms with Gasteiger partial charge in [-0.3, -0.25) is 13.9 Å². The summed E-state index contributed by atoms with van der Waals surface area (Å²) in [5.41, 5.74) is 1.02. The third kappa shape index (κ3) is 1.96. The molecule has 1 saturated heterocycles. The second-order valence-electron chi connectivity index (χ2n) is 4.69. The number of esters is 1. The quantitative estimate of drug-likeness (QED) is 0.621. The second kappa shape index (κ2) is 4.86. The Labute approximate surface area is 118 Å². The lowest BCUT2D eigenvalue weighted by Gasteiger charge is -2.34. The minimum atomic E-state index is -1.29. The molecule has 2 atom stereocenters. The zero-order valence-corrected chi connectivity index (χ0v) is 11.7. The van der Waals surface area contributed by atoms with E-state index in [1.165, 1.54) is 4.90 Å². The fourth-order valence-corrected chi connectivity index (χ4v) is 3.82. The Hall–Kier alpha value is -1.95. The smallest absolute Gasteiger partial charge is 0.356 e. The van der Waals surface area contributed by atoms with Crippen molar-refractivity contribution in [3.8, 4) is 0 Å². The highest BCUT2D eigenvalue weighted by molar-refractivity contribution is 7.90. The van der Waals surface area contributed by atoms with Crippen molar-refractivity contribution >= 4 is 22.7 Å². The van der Waals surface area contributed by atoms with Gasteiger partial charge in [-0.15, -0.1) is 0 Å². The molecule has 6 heteroatoms. The Kier molecular flexibility index (Phi) is 3.17. The standard InChI is InChI=1S/C14H13NO4S/c1-9-13(15-11(16)7-12(15)20(9)18)14(17)19-8-10-5-3-2-4-6-10/h2-6,12H,7-8H2,1H3. The van der Waals surface area contributed by atoms with Crippen LogP contribution in [0.5, 0.6) is 0 Å². The van der Waals surface area contributed by atoms with Crippen molar-refractivity contribution in [2.45, 2.75) is 25.3 Å². The summed E-state index contributed by atoms with van der Waals surface area (Å²) in [5, 5.41) is -0.373. The molecular weight excluding hydrogens is 278 g/mol. The van der Waals surface area contributed by atoms with Gasteiger partial charge >= 0.3 is 5.97 Å². The number of ether oxygens (including phenoxy) is 1. The number of β-lactam (4-membered cyclic amide) rings is 1. The van der Waals surface area contributed by atoms with E-state index in [9.17, 15) is 13.8 Å². The van der Waals surface area contributed by atoms with Gasteiger partial charge in [-0.1, -0.05) is 30.3 Å². The molecule has 0 saturated carbocycles. The normalized spacial score (nSPS) is 24.4. The summed E-state index contributed by atoms with van der Waals surface area (Å²) >= 11 is 0. The molecule has 5 nitrogen and oxygen atoms in total. The first-order valence-electron chi connectivity index (χ1n) is 6.24. The minimum Gasteiger partial charge on any atom is -0.456 e. The SMILES string of the molecule is CC1=C(C(=O)OCc2ccccc2)N2C(=O)CC2S1=O. The Bertz CT molecular complexity index is 638. The van der Waals surface area contributed by atoms with Crippen molar-refractivity contribution in [3.63, 3.8) is 0 Å². The fraction of sp³-hybridized carbons (Fsp3) is 0.286. The lowest BCUT2D eigenvalue weighted by molar-refractivity contribution is -0.149. The van der Waals surface area contributed by atoms with Crippen LogP contribution in [-0.4, -0.2) is 26.4 Å². The number of hydrogen-bond donors (Lipinski definition) is 0. The van der Waals surface area contributed by atoms with E-state index in [1.54, 1.807) is 6.92 Å². The Morgan fingerprint density at radius 1 is 1.40 bits per heavy atom. The van der Waals surface area contributed by atoms with Gasteiger partial charge in [-0.05, 0) is 12.5 Å². The maximum atomic E-state index is 12.1. The van der Waals surface area contributed by atoms with E-state index in [2.05, 4.69) is 0 Å². The summed E-state index contributed by atoms with van der Waals surface area (Å²) in [5.74, 6) is -0.762. The first-order chi connectivity index (χ1) is 9.59. The van der Waals surface area contributed by atoms with Crippen LogP contribution in [0.2, 0.25) is 0 Å². The van der Waals surface area contributed by atoms with Crippen molar-refractivity contribution < 1.29 is 18.5 Å². The van der Waals surface area contributed by atoms with Crippen molar-refractivity contribution in [1.29, 1.82) is 0 Å². The summed E-state index contributed by atoms with van der Waals surface area (Å²) in [7, 11) is -1.29. The molecule has 0 spiro atoms. The molecule has 20 heavy (non-hydrogen) atoms. The zero-order valence-electron chi connectivity index (χ0n) is 10.9. The van der Waals surface area contributed by atoms with Gasteiger partial charge in [0.05, 0.1) is 17.2 Å². The largest absolute Gasteiger partial charge is 0.456 e. The van der Waals surface area contributed by atoms with Crippen molar-refractivity contribution in [3.05, 3.63) is 46.5 Å². The van der Waals surface area contributed by atoms with E-state index in [4.69, 9.17) is 4.74 Å². The average molecular weight is 291 g/mol. The van der Waals surface area contributed by atoms with Crippen molar-refractivity contribution in [2.75, 3.05) is 0 Å². The van der Waals surface area contributed by atoms with Crippen LogP contribution < -0.4 is 0 Å². The van der Waals surface area contributed by atoms with Crippen molar-refractivity contribution in [1.82, 2.24) is 4.90 Å². The van der Waals surface area contributed by atoms with Crippen LogP contribution in [0.25, 0.3) is 0 Å². The van der Waals surface area contributed by atoms with Gasteiger partial charge in [0.25, 0.3) is 0 Å². The lowest BCUT2D eigenvalue weighted by Crippen LogP contribution is -2.51. The van der Waals surface area contributed by atoms with Gasteiger partial charge in [0, 0.05) is 4.91 Å². The molecule has 2 aliphatic rings. The first-order valence-corrected chi connectivity index (χ1v) is 7.45. The van der Waals surface area contributed by atoms with Gasteiger partial charge in [0.15, 0.2) is 0 Å². The van der Waals surface area contributed by atoms with E-state index >= 15 is 0 Å². The number of fused-ring (bicyclic) bond motifs is 1. The Balaban J connectivity index is 1.74. The number of carbonyl (C=O) groups excluding carboxylic acids is 2.